The zero-order valence-electron chi connectivity index (χ0n) is 15.2. The van der Waals surface area contributed by atoms with Gasteiger partial charge in [0.05, 0.1) is 27.3 Å². The van der Waals surface area contributed by atoms with Gasteiger partial charge in [-0.3, -0.25) is 9.69 Å². The summed E-state index contributed by atoms with van der Waals surface area (Å²) in [6.45, 7) is 0.0163. The van der Waals surface area contributed by atoms with Crippen molar-refractivity contribution in [1.82, 2.24) is 9.97 Å². The van der Waals surface area contributed by atoms with E-state index in [1.54, 1.807) is 22.7 Å². The van der Waals surface area contributed by atoms with Crippen LogP contribution in [0.25, 0.3) is 21.1 Å². The molecule has 0 fully saturated rings. The Morgan fingerprint density at radius 1 is 1.07 bits per heavy atom. The number of thioether (sulfide) groups is 1. The Balaban J connectivity index is 1.55. The van der Waals surface area contributed by atoms with Crippen molar-refractivity contribution in [2.75, 3.05) is 17.2 Å². The van der Waals surface area contributed by atoms with Crippen LogP contribution in [0.5, 0.6) is 0 Å². The van der Waals surface area contributed by atoms with Gasteiger partial charge in [-0.05, 0) is 35.0 Å². The Kier molecular flexibility index (Phi) is 6.10. The highest BCUT2D eigenvalue weighted by Gasteiger charge is 2.19. The number of carbonyl (C=O) groups is 1. The summed E-state index contributed by atoms with van der Waals surface area (Å²) >= 11 is 4.63. The summed E-state index contributed by atoms with van der Waals surface area (Å²) in [6.07, 6.45) is 0. The molecular weight excluding hydrogens is 420 g/mol. The van der Waals surface area contributed by atoms with Crippen LogP contribution in [-0.2, 0) is 4.79 Å². The molecule has 144 valence electrons. The molecule has 4 aromatic rings. The predicted molar refractivity (Wildman–Crippen MR) is 120 cm³/mol. The lowest BCUT2D eigenvalue weighted by molar-refractivity contribution is -0.116. The number of imidazole rings is 1. The molecule has 0 radical (unpaired) electrons. The fourth-order valence-electron chi connectivity index (χ4n) is 2.82. The van der Waals surface area contributed by atoms with Crippen molar-refractivity contribution >= 4 is 46.0 Å². The van der Waals surface area contributed by atoms with E-state index in [0.29, 0.717) is 5.16 Å². The smallest absolute Gasteiger partial charge is 0.238 e. The van der Waals surface area contributed by atoms with Gasteiger partial charge in [-0.1, -0.05) is 42.1 Å². The number of carbonyl (C=O) groups excluding carboxylic acids is 1. The lowest BCUT2D eigenvalue weighted by Gasteiger charge is -2.19. The minimum atomic E-state index is -0.130. The first-order chi connectivity index (χ1) is 14.3. The number of thiophene rings is 2. The summed E-state index contributed by atoms with van der Waals surface area (Å²) in [5.41, 5.74) is 2.58. The Morgan fingerprint density at radius 2 is 1.79 bits per heavy atom. The summed E-state index contributed by atoms with van der Waals surface area (Å²) in [6, 6.07) is 19.4. The number of para-hydroxylation sites is 1. The molecule has 8 heteroatoms. The molecule has 0 aliphatic rings. The molecule has 4 rings (SSSR count). The molecule has 3 heterocycles. The van der Waals surface area contributed by atoms with Gasteiger partial charge < -0.3 is 4.98 Å². The number of nitrogens with one attached hydrogen (secondary N) is 1. The number of H-pyrrole nitrogens is 1. The second-order valence-corrected chi connectivity index (χ2v) is 8.84. The van der Waals surface area contributed by atoms with Gasteiger partial charge >= 0.3 is 0 Å². The number of amides is 1. The highest BCUT2D eigenvalue weighted by atomic mass is 32.2. The molecule has 0 unspecified atom stereocenters. The van der Waals surface area contributed by atoms with E-state index in [1.165, 1.54) is 16.7 Å². The monoisotopic (exact) mass is 436 g/mol. The van der Waals surface area contributed by atoms with E-state index in [1.807, 2.05) is 59.3 Å². The molecule has 1 aromatic carbocycles. The van der Waals surface area contributed by atoms with Crippen LogP contribution < -0.4 is 4.90 Å². The van der Waals surface area contributed by atoms with Crippen molar-refractivity contribution < 1.29 is 4.79 Å². The van der Waals surface area contributed by atoms with E-state index >= 15 is 0 Å². The van der Waals surface area contributed by atoms with Crippen LogP contribution in [0.4, 0.5) is 5.69 Å². The molecule has 1 N–H and O–H groups in total. The van der Waals surface area contributed by atoms with Gasteiger partial charge in [-0.2, -0.15) is 5.26 Å². The molecule has 0 atom stereocenters. The van der Waals surface area contributed by atoms with E-state index in [-0.39, 0.29) is 18.2 Å². The van der Waals surface area contributed by atoms with Crippen molar-refractivity contribution in [1.29, 1.82) is 5.26 Å². The molecule has 0 saturated heterocycles. The molecule has 0 aliphatic carbocycles. The maximum Gasteiger partial charge on any atom is 0.238 e. The number of hydrogen-bond donors (Lipinski definition) is 1. The zero-order valence-corrected chi connectivity index (χ0v) is 17.7. The van der Waals surface area contributed by atoms with Crippen LogP contribution in [0.15, 0.2) is 70.5 Å². The first-order valence-corrected chi connectivity index (χ1v) is 11.5. The second kappa shape index (κ2) is 9.09. The third-order valence-electron chi connectivity index (χ3n) is 4.13. The van der Waals surface area contributed by atoms with Gasteiger partial charge in [-0.25, -0.2) is 4.98 Å². The molecule has 0 aliphatic heterocycles. The van der Waals surface area contributed by atoms with E-state index in [9.17, 15) is 4.79 Å². The molecule has 5 nitrogen and oxygen atoms in total. The Morgan fingerprint density at radius 3 is 2.45 bits per heavy atom. The fourth-order valence-corrected chi connectivity index (χ4v) is 5.01. The summed E-state index contributed by atoms with van der Waals surface area (Å²) in [5, 5.41) is 13.9. The number of anilines is 1. The zero-order chi connectivity index (χ0) is 20.1. The highest BCUT2D eigenvalue weighted by Crippen LogP contribution is 2.36. The minimum absolute atomic E-state index is 0.0163. The van der Waals surface area contributed by atoms with Crippen molar-refractivity contribution in [2.45, 2.75) is 5.16 Å². The van der Waals surface area contributed by atoms with Gasteiger partial charge in [0.25, 0.3) is 0 Å². The third-order valence-corrected chi connectivity index (χ3v) is 6.76. The number of rotatable bonds is 7. The number of nitrogens with zero attached hydrogens (tertiary/aromatic N) is 3. The predicted octanol–water partition coefficient (Wildman–Crippen LogP) is 5.52. The van der Waals surface area contributed by atoms with E-state index in [2.05, 4.69) is 17.1 Å². The summed E-state index contributed by atoms with van der Waals surface area (Å²) in [4.78, 5) is 24.6. The summed E-state index contributed by atoms with van der Waals surface area (Å²) in [5.74, 6) is 0.0622. The molecule has 29 heavy (non-hydrogen) atoms. The molecule has 0 bridgehead atoms. The van der Waals surface area contributed by atoms with Crippen molar-refractivity contribution in [2.24, 2.45) is 0 Å². The highest BCUT2D eigenvalue weighted by molar-refractivity contribution is 7.99. The van der Waals surface area contributed by atoms with Crippen LogP contribution >= 0.6 is 34.4 Å². The number of aromatic amines is 1. The van der Waals surface area contributed by atoms with Gasteiger partial charge in [0.1, 0.15) is 12.2 Å². The molecular formula is C21H16N4OS3. The Hall–Kier alpha value is -2.86. The van der Waals surface area contributed by atoms with Gasteiger partial charge in [0.2, 0.25) is 5.91 Å². The second-order valence-electron chi connectivity index (χ2n) is 5.98. The largest absolute Gasteiger partial charge is 0.332 e. The standard InChI is InChI=1S/C21H16N4OS3/c22-10-11-25(15-6-2-1-3-7-15)18(26)14-29-21-23-19(16-8-4-12-27-16)20(24-21)17-9-5-13-28-17/h1-9,12-13H,11,14H2,(H,23,24). The number of aromatic nitrogens is 2. The molecule has 3 aromatic heterocycles. The number of hydrogen-bond acceptors (Lipinski definition) is 6. The van der Waals surface area contributed by atoms with Crippen molar-refractivity contribution in [3.8, 4) is 27.2 Å². The van der Waals surface area contributed by atoms with Gasteiger partial charge in [-0.15, -0.1) is 22.7 Å². The van der Waals surface area contributed by atoms with Crippen molar-refractivity contribution in [3.63, 3.8) is 0 Å². The van der Waals surface area contributed by atoms with Crippen LogP contribution in [0.2, 0.25) is 0 Å². The Bertz CT molecular complexity index is 1060. The van der Waals surface area contributed by atoms with Crippen molar-refractivity contribution in [3.05, 3.63) is 65.4 Å². The molecule has 1 amide bonds. The van der Waals surface area contributed by atoms with Crippen LogP contribution in [-0.4, -0.2) is 28.2 Å². The normalized spacial score (nSPS) is 10.6. The average Bonchev–Trinajstić information content (AvgIpc) is 3.51. The van der Waals surface area contributed by atoms with Crippen LogP contribution in [0, 0.1) is 11.3 Å². The lowest BCUT2D eigenvalue weighted by atomic mass is 10.2. The number of nitriles is 1. The maximum absolute atomic E-state index is 12.8. The van der Waals surface area contributed by atoms with Crippen LogP contribution in [0.3, 0.4) is 0 Å². The minimum Gasteiger partial charge on any atom is -0.332 e. The van der Waals surface area contributed by atoms with Gasteiger partial charge in [0.15, 0.2) is 5.16 Å². The quantitative estimate of drug-likeness (QED) is 0.306. The maximum atomic E-state index is 12.8. The average molecular weight is 437 g/mol. The lowest BCUT2D eigenvalue weighted by Crippen LogP contribution is -2.32. The van der Waals surface area contributed by atoms with E-state index < -0.39 is 0 Å². The number of benzene rings is 1. The van der Waals surface area contributed by atoms with Gasteiger partial charge in [0, 0.05) is 5.69 Å². The first-order valence-electron chi connectivity index (χ1n) is 8.79. The topological polar surface area (TPSA) is 72.8 Å². The Labute approximate surface area is 180 Å². The first kappa shape index (κ1) is 19.5. The summed E-state index contributed by atoms with van der Waals surface area (Å²) < 4.78 is 0. The molecule has 0 saturated carbocycles. The van der Waals surface area contributed by atoms with E-state index in [4.69, 9.17) is 10.2 Å². The molecule has 0 spiro atoms. The third kappa shape index (κ3) is 4.43. The van der Waals surface area contributed by atoms with Crippen LogP contribution in [0.1, 0.15) is 0 Å². The SMILES string of the molecule is N#CCN(C(=O)CSc1nc(-c2cccs2)c(-c2cccs2)[nH]1)c1ccccc1. The fraction of sp³-hybridized carbons (Fsp3) is 0.0952. The van der Waals surface area contributed by atoms with E-state index in [0.717, 1.165) is 26.8 Å². The summed E-state index contributed by atoms with van der Waals surface area (Å²) in [7, 11) is 0.